The molecule has 1 heterocycles. The van der Waals surface area contributed by atoms with E-state index in [0.29, 0.717) is 17.9 Å². The second-order valence-electron chi connectivity index (χ2n) is 4.35. The standard InChI is InChI=1S/C14H20ClNO/c1-2-3-4-5-6-7-13(17)10-12-8-9-16-11-14(12)15/h8-9,11H,2-7,10H2,1H3. The van der Waals surface area contributed by atoms with E-state index in [-0.39, 0.29) is 5.78 Å². The molecule has 17 heavy (non-hydrogen) atoms. The van der Waals surface area contributed by atoms with E-state index in [0.717, 1.165) is 18.4 Å². The summed E-state index contributed by atoms with van der Waals surface area (Å²) in [7, 11) is 0. The lowest BCUT2D eigenvalue weighted by molar-refractivity contribution is -0.118. The first-order valence-electron chi connectivity index (χ1n) is 6.34. The Morgan fingerprint density at radius 3 is 2.76 bits per heavy atom. The molecule has 0 radical (unpaired) electrons. The fourth-order valence-electron chi connectivity index (χ4n) is 1.77. The molecule has 2 nitrogen and oxygen atoms in total. The van der Waals surface area contributed by atoms with Crippen LogP contribution in [0.3, 0.4) is 0 Å². The molecule has 1 rings (SSSR count). The van der Waals surface area contributed by atoms with Gasteiger partial charge in [-0.1, -0.05) is 44.2 Å². The molecule has 0 atom stereocenters. The van der Waals surface area contributed by atoms with Crippen molar-refractivity contribution in [2.45, 2.75) is 51.9 Å². The zero-order valence-corrected chi connectivity index (χ0v) is 11.2. The van der Waals surface area contributed by atoms with Gasteiger partial charge in [-0.15, -0.1) is 0 Å². The molecule has 0 unspecified atom stereocenters. The molecule has 3 heteroatoms. The van der Waals surface area contributed by atoms with Crippen LogP contribution in [0.5, 0.6) is 0 Å². The molecule has 0 bridgehead atoms. The van der Waals surface area contributed by atoms with Crippen LogP contribution in [0, 0.1) is 0 Å². The summed E-state index contributed by atoms with van der Waals surface area (Å²) >= 11 is 5.96. The summed E-state index contributed by atoms with van der Waals surface area (Å²) < 4.78 is 0. The van der Waals surface area contributed by atoms with Crippen molar-refractivity contribution in [1.82, 2.24) is 4.98 Å². The van der Waals surface area contributed by atoms with Gasteiger partial charge in [0.15, 0.2) is 0 Å². The first-order chi connectivity index (χ1) is 8.24. The average Bonchev–Trinajstić information content (AvgIpc) is 2.32. The molecule has 1 aromatic rings. The van der Waals surface area contributed by atoms with E-state index < -0.39 is 0 Å². The summed E-state index contributed by atoms with van der Waals surface area (Å²) in [6.07, 6.45) is 10.3. The van der Waals surface area contributed by atoms with Crippen LogP contribution in [-0.2, 0) is 11.2 Å². The van der Waals surface area contributed by atoms with Gasteiger partial charge in [-0.25, -0.2) is 0 Å². The fourth-order valence-corrected chi connectivity index (χ4v) is 1.96. The Balaban J connectivity index is 2.23. The maximum absolute atomic E-state index is 11.7. The zero-order chi connectivity index (χ0) is 12.5. The van der Waals surface area contributed by atoms with E-state index in [1.54, 1.807) is 12.4 Å². The number of aromatic nitrogens is 1. The van der Waals surface area contributed by atoms with E-state index in [1.165, 1.54) is 19.3 Å². The first kappa shape index (κ1) is 14.2. The van der Waals surface area contributed by atoms with Gasteiger partial charge in [0.2, 0.25) is 0 Å². The van der Waals surface area contributed by atoms with Crippen LogP contribution >= 0.6 is 11.6 Å². The highest BCUT2D eigenvalue weighted by Crippen LogP contribution is 2.15. The van der Waals surface area contributed by atoms with Crippen LogP contribution in [0.15, 0.2) is 18.5 Å². The number of hydrogen-bond acceptors (Lipinski definition) is 2. The number of rotatable bonds is 8. The topological polar surface area (TPSA) is 30.0 Å². The minimum atomic E-state index is 0.273. The third-order valence-corrected chi connectivity index (χ3v) is 3.14. The van der Waals surface area contributed by atoms with Crippen LogP contribution < -0.4 is 0 Å². The van der Waals surface area contributed by atoms with Crippen molar-refractivity contribution in [2.24, 2.45) is 0 Å². The molecule has 0 N–H and O–H groups in total. The van der Waals surface area contributed by atoms with E-state index >= 15 is 0 Å². The van der Waals surface area contributed by atoms with Gasteiger partial charge in [-0.3, -0.25) is 9.78 Å². The predicted octanol–water partition coefficient (Wildman–Crippen LogP) is 4.21. The maximum atomic E-state index is 11.7. The van der Waals surface area contributed by atoms with Crippen molar-refractivity contribution >= 4 is 17.4 Å². The highest BCUT2D eigenvalue weighted by atomic mass is 35.5. The molecule has 0 spiro atoms. The molecule has 0 amide bonds. The van der Waals surface area contributed by atoms with Gasteiger partial charge in [0.05, 0.1) is 5.02 Å². The highest BCUT2D eigenvalue weighted by molar-refractivity contribution is 6.31. The predicted molar refractivity (Wildman–Crippen MR) is 71.3 cm³/mol. The monoisotopic (exact) mass is 253 g/mol. The van der Waals surface area contributed by atoms with Crippen LogP contribution in [0.1, 0.15) is 51.0 Å². The Morgan fingerprint density at radius 2 is 2.06 bits per heavy atom. The Kier molecular flexibility index (Phi) is 6.87. The quantitative estimate of drug-likeness (QED) is 0.650. The molecule has 0 aromatic carbocycles. The van der Waals surface area contributed by atoms with Crippen molar-refractivity contribution < 1.29 is 4.79 Å². The Labute approximate surface area is 108 Å². The lowest BCUT2D eigenvalue weighted by Gasteiger charge is -2.03. The zero-order valence-electron chi connectivity index (χ0n) is 10.4. The normalized spacial score (nSPS) is 10.5. The number of unbranched alkanes of at least 4 members (excludes halogenated alkanes) is 4. The van der Waals surface area contributed by atoms with Crippen LogP contribution in [-0.4, -0.2) is 10.8 Å². The first-order valence-corrected chi connectivity index (χ1v) is 6.72. The minimum absolute atomic E-state index is 0.273. The second kappa shape index (κ2) is 8.24. The van der Waals surface area contributed by atoms with Crippen molar-refractivity contribution in [3.63, 3.8) is 0 Å². The van der Waals surface area contributed by atoms with Gasteiger partial charge < -0.3 is 0 Å². The largest absolute Gasteiger partial charge is 0.299 e. The lowest BCUT2D eigenvalue weighted by Crippen LogP contribution is -2.03. The Morgan fingerprint density at radius 1 is 1.29 bits per heavy atom. The third kappa shape index (κ3) is 5.83. The van der Waals surface area contributed by atoms with Gasteiger partial charge in [0.1, 0.15) is 5.78 Å². The van der Waals surface area contributed by atoms with Crippen molar-refractivity contribution in [3.05, 3.63) is 29.0 Å². The number of halogens is 1. The average molecular weight is 254 g/mol. The SMILES string of the molecule is CCCCCCCC(=O)Cc1ccncc1Cl. The van der Waals surface area contributed by atoms with Gasteiger partial charge >= 0.3 is 0 Å². The van der Waals surface area contributed by atoms with Gasteiger partial charge in [-0.2, -0.15) is 0 Å². The van der Waals surface area contributed by atoms with E-state index in [2.05, 4.69) is 11.9 Å². The van der Waals surface area contributed by atoms with Crippen LogP contribution in [0.2, 0.25) is 5.02 Å². The molecule has 1 aromatic heterocycles. The smallest absolute Gasteiger partial charge is 0.137 e. The summed E-state index contributed by atoms with van der Waals surface area (Å²) in [6, 6.07) is 1.82. The molecule has 0 saturated carbocycles. The Hall–Kier alpha value is -0.890. The van der Waals surface area contributed by atoms with Crippen LogP contribution in [0.25, 0.3) is 0 Å². The van der Waals surface area contributed by atoms with Gasteiger partial charge in [-0.05, 0) is 18.1 Å². The number of pyridine rings is 1. The molecular weight excluding hydrogens is 234 g/mol. The second-order valence-corrected chi connectivity index (χ2v) is 4.75. The fraction of sp³-hybridized carbons (Fsp3) is 0.571. The van der Waals surface area contributed by atoms with Crippen molar-refractivity contribution in [2.75, 3.05) is 0 Å². The molecule has 0 saturated heterocycles. The summed E-state index contributed by atoms with van der Waals surface area (Å²) in [5.74, 6) is 0.273. The molecule has 0 aliphatic heterocycles. The summed E-state index contributed by atoms with van der Waals surface area (Å²) in [5, 5.41) is 0.590. The molecule has 0 aliphatic carbocycles. The maximum Gasteiger partial charge on any atom is 0.137 e. The summed E-state index contributed by atoms with van der Waals surface area (Å²) in [4.78, 5) is 15.6. The summed E-state index contributed by atoms with van der Waals surface area (Å²) in [6.45, 7) is 2.19. The van der Waals surface area contributed by atoms with Crippen molar-refractivity contribution in [3.8, 4) is 0 Å². The number of Topliss-reactive ketones (excluding diaryl/α,β-unsaturated/α-hetero) is 1. The van der Waals surface area contributed by atoms with Gasteiger partial charge in [0.25, 0.3) is 0 Å². The van der Waals surface area contributed by atoms with E-state index in [1.807, 2.05) is 6.07 Å². The highest BCUT2D eigenvalue weighted by Gasteiger charge is 2.06. The number of carbonyl (C=O) groups excluding carboxylic acids is 1. The van der Waals surface area contributed by atoms with Gasteiger partial charge in [0, 0.05) is 25.2 Å². The molecular formula is C14H20ClNO. The number of hydrogen-bond donors (Lipinski definition) is 0. The number of carbonyl (C=O) groups is 1. The van der Waals surface area contributed by atoms with Crippen molar-refractivity contribution in [1.29, 1.82) is 0 Å². The minimum Gasteiger partial charge on any atom is -0.299 e. The third-order valence-electron chi connectivity index (χ3n) is 2.80. The Bertz CT molecular complexity index is 352. The molecule has 0 fully saturated rings. The van der Waals surface area contributed by atoms with Crippen LogP contribution in [0.4, 0.5) is 0 Å². The molecule has 94 valence electrons. The molecule has 0 aliphatic rings. The lowest BCUT2D eigenvalue weighted by atomic mass is 10.0. The number of ketones is 1. The summed E-state index contributed by atoms with van der Waals surface area (Å²) in [5.41, 5.74) is 0.889. The van der Waals surface area contributed by atoms with E-state index in [4.69, 9.17) is 11.6 Å². The van der Waals surface area contributed by atoms with E-state index in [9.17, 15) is 4.79 Å². The number of nitrogens with zero attached hydrogens (tertiary/aromatic N) is 1.